The number of hydrogen-bond donors (Lipinski definition) is 1. The summed E-state index contributed by atoms with van der Waals surface area (Å²) in [5.41, 5.74) is 0.266. The van der Waals surface area contributed by atoms with Crippen molar-refractivity contribution in [3.63, 3.8) is 0 Å². The number of carbonyl (C=O) groups is 1. The van der Waals surface area contributed by atoms with Crippen LogP contribution < -0.4 is 14.8 Å². The minimum absolute atomic E-state index is 0.0126. The van der Waals surface area contributed by atoms with E-state index in [1.54, 1.807) is 11.6 Å². The number of carbonyl (C=O) groups excluding carboxylic acids is 1. The van der Waals surface area contributed by atoms with Crippen LogP contribution in [0.1, 0.15) is 30.4 Å². The summed E-state index contributed by atoms with van der Waals surface area (Å²) in [5.74, 6) is -0.435. The number of pyridine rings is 2. The fraction of sp³-hybridized carbons (Fsp3) is 0.429. The first-order valence-electron chi connectivity index (χ1n) is 10.5. The van der Waals surface area contributed by atoms with E-state index in [4.69, 9.17) is 21.1 Å². The predicted molar refractivity (Wildman–Crippen MR) is 123 cm³/mol. The second-order valence-electron chi connectivity index (χ2n) is 8.43. The number of sulfone groups is 1. The van der Waals surface area contributed by atoms with Gasteiger partial charge in [-0.25, -0.2) is 32.2 Å². The number of alkyl halides is 2. The first-order chi connectivity index (χ1) is 16.4. The van der Waals surface area contributed by atoms with Gasteiger partial charge in [0.25, 0.3) is 18.2 Å². The number of rotatable bonds is 7. The molecule has 4 rings (SSSR count). The van der Waals surface area contributed by atoms with Crippen LogP contribution in [-0.2, 0) is 16.9 Å². The van der Waals surface area contributed by atoms with Gasteiger partial charge < -0.3 is 19.4 Å². The summed E-state index contributed by atoms with van der Waals surface area (Å²) in [4.78, 5) is 25.4. The number of hydrogen-bond acceptors (Lipinski definition) is 8. The number of imidazole rings is 1. The van der Waals surface area contributed by atoms with E-state index < -0.39 is 34.3 Å². The minimum atomic E-state index is -3.08. The third-order valence-corrected chi connectivity index (χ3v) is 7.50. The van der Waals surface area contributed by atoms with Crippen molar-refractivity contribution in [1.29, 1.82) is 0 Å². The normalized spacial score (nSPS) is 16.9. The summed E-state index contributed by atoms with van der Waals surface area (Å²) in [6, 6.07) is 2.82. The van der Waals surface area contributed by atoms with Gasteiger partial charge in [-0.2, -0.15) is 0 Å². The van der Waals surface area contributed by atoms with Gasteiger partial charge in [0.2, 0.25) is 5.88 Å². The summed E-state index contributed by atoms with van der Waals surface area (Å²) >= 11 is 5.88. The predicted octanol–water partition coefficient (Wildman–Crippen LogP) is 3.15. The van der Waals surface area contributed by atoms with Crippen molar-refractivity contribution in [2.24, 2.45) is 7.05 Å². The Morgan fingerprint density at radius 1 is 1.26 bits per heavy atom. The molecule has 4 heterocycles. The van der Waals surface area contributed by atoms with Crippen molar-refractivity contribution in [2.75, 3.05) is 18.1 Å². The second kappa shape index (κ2) is 9.53. The lowest BCUT2D eigenvalue weighted by Crippen LogP contribution is -2.51. The van der Waals surface area contributed by atoms with Crippen molar-refractivity contribution >= 4 is 38.4 Å². The minimum Gasteiger partial charge on any atom is -0.482 e. The highest BCUT2D eigenvalue weighted by molar-refractivity contribution is 7.91. The molecule has 0 saturated carbocycles. The molecule has 3 aromatic rings. The molecule has 1 amide bonds. The van der Waals surface area contributed by atoms with Crippen LogP contribution in [0.15, 0.2) is 24.5 Å². The van der Waals surface area contributed by atoms with Crippen LogP contribution in [0.4, 0.5) is 8.78 Å². The van der Waals surface area contributed by atoms with Crippen molar-refractivity contribution in [3.05, 3.63) is 35.4 Å². The molecule has 14 heteroatoms. The van der Waals surface area contributed by atoms with Gasteiger partial charge in [-0.1, -0.05) is 11.6 Å². The lowest BCUT2D eigenvalue weighted by atomic mass is 9.95. The molecule has 0 aliphatic carbocycles. The molecule has 0 unspecified atom stereocenters. The largest absolute Gasteiger partial charge is 0.482 e. The highest BCUT2D eigenvalue weighted by atomic mass is 35.5. The Bertz CT molecular complexity index is 1370. The first-order valence-corrected chi connectivity index (χ1v) is 12.7. The second-order valence-corrected chi connectivity index (χ2v) is 11.2. The first kappa shape index (κ1) is 25.0. The molecular formula is C21H22ClF2N5O5S. The molecule has 1 fully saturated rings. The Hall–Kier alpha value is -3.06. The van der Waals surface area contributed by atoms with Gasteiger partial charge in [0.05, 0.1) is 28.2 Å². The third-order valence-electron chi connectivity index (χ3n) is 5.64. The summed E-state index contributed by atoms with van der Waals surface area (Å²) in [7, 11) is -1.44. The Labute approximate surface area is 204 Å². The van der Waals surface area contributed by atoms with Gasteiger partial charge in [-0.3, -0.25) is 4.79 Å². The lowest BCUT2D eigenvalue weighted by Gasteiger charge is -2.34. The summed E-state index contributed by atoms with van der Waals surface area (Å²) < 4.78 is 60.8. The average molecular weight is 530 g/mol. The fourth-order valence-corrected chi connectivity index (χ4v) is 5.49. The van der Waals surface area contributed by atoms with Crippen LogP contribution in [-0.4, -0.2) is 63.9 Å². The number of fused-ring (bicyclic) bond motifs is 1. The molecule has 1 saturated heterocycles. The monoisotopic (exact) mass is 529 g/mol. The number of nitrogens with one attached hydrogen (secondary N) is 1. The maximum absolute atomic E-state index is 13.0. The Balaban J connectivity index is 1.55. The number of halogens is 3. The van der Waals surface area contributed by atoms with E-state index in [-0.39, 0.29) is 39.9 Å². The summed E-state index contributed by atoms with van der Waals surface area (Å²) in [5, 5.41) is 3.08. The molecule has 0 radical (unpaired) electrons. The number of aryl methyl sites for hydroxylation is 1. The van der Waals surface area contributed by atoms with Crippen LogP contribution in [0, 0.1) is 0 Å². The summed E-state index contributed by atoms with van der Waals surface area (Å²) in [6.07, 6.45) is 0.597. The molecule has 3 aromatic heterocycles. The van der Waals surface area contributed by atoms with Gasteiger partial charge >= 0.3 is 0 Å². The quantitative estimate of drug-likeness (QED) is 0.495. The maximum Gasteiger partial charge on any atom is 0.287 e. The SMILES string of the molecule is Cn1c(C(=O)NC2(C)CCS(=O)(=O)CC2)nc2cnc(Oc3ncc(Cl)cc3OCC(F)F)cc21. The molecule has 10 nitrogen and oxygen atoms in total. The molecule has 0 atom stereocenters. The van der Waals surface area contributed by atoms with Crippen LogP contribution in [0.25, 0.3) is 11.0 Å². The van der Waals surface area contributed by atoms with Crippen LogP contribution in [0.2, 0.25) is 5.02 Å². The Morgan fingerprint density at radius 3 is 2.66 bits per heavy atom. The Kier molecular flexibility index (Phi) is 6.82. The maximum atomic E-state index is 13.0. The van der Waals surface area contributed by atoms with Crippen molar-refractivity contribution in [2.45, 2.75) is 31.7 Å². The van der Waals surface area contributed by atoms with Gasteiger partial charge in [0.1, 0.15) is 22.0 Å². The van der Waals surface area contributed by atoms with Gasteiger partial charge in [0, 0.05) is 30.9 Å². The number of nitrogens with zero attached hydrogens (tertiary/aromatic N) is 4. The molecule has 0 aromatic carbocycles. The number of aromatic nitrogens is 4. The van der Waals surface area contributed by atoms with Crippen molar-refractivity contribution in [3.8, 4) is 17.5 Å². The molecule has 0 bridgehead atoms. The van der Waals surface area contributed by atoms with Gasteiger partial charge in [-0.05, 0) is 19.8 Å². The zero-order valence-electron chi connectivity index (χ0n) is 18.8. The van der Waals surface area contributed by atoms with Crippen LogP contribution in [0.3, 0.4) is 0 Å². The summed E-state index contributed by atoms with van der Waals surface area (Å²) in [6.45, 7) is 0.943. The zero-order valence-corrected chi connectivity index (χ0v) is 20.4. The average Bonchev–Trinajstić information content (AvgIpc) is 3.12. The highest BCUT2D eigenvalue weighted by Gasteiger charge is 2.35. The fourth-order valence-electron chi connectivity index (χ4n) is 3.62. The number of amides is 1. The van der Waals surface area contributed by atoms with Crippen molar-refractivity contribution in [1.82, 2.24) is 24.8 Å². The standard InChI is InChI=1S/C21H22ClF2N5O5S/c1-21(3-5-35(31,32)6-4-21)28-19(30)18-27-13-10-25-17(8-14(13)29(18)2)34-20-15(33-11-16(23)24)7-12(22)9-26-20/h7-10,16H,3-6,11H2,1-2H3,(H,28,30). The third kappa shape index (κ3) is 5.78. The van der Waals surface area contributed by atoms with E-state index in [2.05, 4.69) is 20.3 Å². The number of ether oxygens (including phenoxy) is 2. The highest BCUT2D eigenvalue weighted by Crippen LogP contribution is 2.32. The van der Waals surface area contributed by atoms with Crippen LogP contribution >= 0.6 is 11.6 Å². The molecule has 188 valence electrons. The molecule has 0 spiro atoms. The van der Waals surface area contributed by atoms with E-state index in [9.17, 15) is 22.0 Å². The topological polar surface area (TPSA) is 125 Å². The molecule has 35 heavy (non-hydrogen) atoms. The molecular weight excluding hydrogens is 508 g/mol. The lowest BCUT2D eigenvalue weighted by molar-refractivity contribution is 0.0803. The molecule has 1 aliphatic rings. The van der Waals surface area contributed by atoms with Crippen LogP contribution in [0.5, 0.6) is 17.5 Å². The van der Waals surface area contributed by atoms with E-state index in [0.29, 0.717) is 23.9 Å². The van der Waals surface area contributed by atoms with E-state index >= 15 is 0 Å². The smallest absolute Gasteiger partial charge is 0.287 e. The molecule has 1 N–H and O–H groups in total. The van der Waals surface area contributed by atoms with E-state index in [1.807, 2.05) is 6.92 Å². The Morgan fingerprint density at radius 2 is 1.97 bits per heavy atom. The van der Waals surface area contributed by atoms with E-state index in [1.165, 1.54) is 24.5 Å². The van der Waals surface area contributed by atoms with Gasteiger partial charge in [-0.15, -0.1) is 0 Å². The molecule has 1 aliphatic heterocycles. The van der Waals surface area contributed by atoms with Gasteiger partial charge in [0.15, 0.2) is 11.6 Å². The zero-order chi connectivity index (χ0) is 25.4. The van der Waals surface area contributed by atoms with Crippen molar-refractivity contribution < 1.29 is 31.5 Å². The van der Waals surface area contributed by atoms with E-state index in [0.717, 1.165) is 0 Å².